The molecule has 0 radical (unpaired) electrons. The standard InChI is InChI=1S/C10H12ClNO/c1-4-5-8-6(2)9(10(11)13)7(3)12-8/h4,12H,1,5H2,2-3H3. The average molecular weight is 198 g/mol. The third kappa shape index (κ3) is 1.83. The molecule has 0 spiro atoms. The lowest BCUT2D eigenvalue weighted by Gasteiger charge is -1.94. The maximum Gasteiger partial charge on any atom is 0.254 e. The highest BCUT2D eigenvalue weighted by Crippen LogP contribution is 2.20. The van der Waals surface area contributed by atoms with Crippen LogP contribution in [0.1, 0.15) is 27.3 Å². The van der Waals surface area contributed by atoms with Gasteiger partial charge in [-0.3, -0.25) is 4.79 Å². The molecule has 0 aliphatic carbocycles. The Morgan fingerprint density at radius 2 is 2.23 bits per heavy atom. The molecule has 70 valence electrons. The van der Waals surface area contributed by atoms with E-state index in [1.54, 1.807) is 6.08 Å². The molecular weight excluding hydrogens is 186 g/mol. The van der Waals surface area contributed by atoms with Crippen LogP contribution in [0.3, 0.4) is 0 Å². The van der Waals surface area contributed by atoms with Crippen molar-refractivity contribution in [3.8, 4) is 0 Å². The number of allylic oxidation sites excluding steroid dienone is 1. The number of aromatic amines is 1. The third-order valence-corrected chi connectivity index (χ3v) is 2.28. The molecule has 13 heavy (non-hydrogen) atoms. The lowest BCUT2D eigenvalue weighted by Crippen LogP contribution is -1.92. The Hall–Kier alpha value is -1.02. The highest BCUT2D eigenvalue weighted by molar-refractivity contribution is 6.68. The van der Waals surface area contributed by atoms with Crippen LogP contribution in [-0.4, -0.2) is 10.2 Å². The van der Waals surface area contributed by atoms with E-state index >= 15 is 0 Å². The van der Waals surface area contributed by atoms with Crippen molar-refractivity contribution in [2.24, 2.45) is 0 Å². The Kier molecular flexibility index (Phi) is 2.94. The summed E-state index contributed by atoms with van der Waals surface area (Å²) in [5.74, 6) is 0. The predicted molar refractivity (Wildman–Crippen MR) is 54.4 cm³/mol. The molecule has 1 aromatic heterocycles. The average Bonchev–Trinajstić information content (AvgIpc) is 2.28. The van der Waals surface area contributed by atoms with E-state index in [4.69, 9.17) is 11.6 Å². The van der Waals surface area contributed by atoms with Gasteiger partial charge in [-0.1, -0.05) is 6.08 Å². The van der Waals surface area contributed by atoms with E-state index in [0.29, 0.717) is 5.56 Å². The summed E-state index contributed by atoms with van der Waals surface area (Å²) in [5, 5.41) is -0.401. The van der Waals surface area contributed by atoms with Gasteiger partial charge in [0.25, 0.3) is 5.24 Å². The van der Waals surface area contributed by atoms with Crippen molar-refractivity contribution in [3.63, 3.8) is 0 Å². The van der Waals surface area contributed by atoms with E-state index in [-0.39, 0.29) is 0 Å². The molecule has 0 saturated carbocycles. The molecule has 1 N–H and O–H groups in total. The Morgan fingerprint density at radius 1 is 1.62 bits per heavy atom. The molecule has 1 rings (SSSR count). The maximum absolute atomic E-state index is 11.0. The van der Waals surface area contributed by atoms with Crippen LogP contribution in [0, 0.1) is 13.8 Å². The Balaban J connectivity index is 3.21. The van der Waals surface area contributed by atoms with Crippen LogP contribution >= 0.6 is 11.6 Å². The molecule has 0 aliphatic heterocycles. The lowest BCUT2D eigenvalue weighted by atomic mass is 10.1. The maximum atomic E-state index is 11.0. The molecule has 0 atom stereocenters. The Morgan fingerprint density at radius 3 is 2.62 bits per heavy atom. The fourth-order valence-corrected chi connectivity index (χ4v) is 1.74. The first-order valence-electron chi connectivity index (χ1n) is 4.06. The zero-order valence-electron chi connectivity index (χ0n) is 7.78. The van der Waals surface area contributed by atoms with Gasteiger partial charge in [-0.2, -0.15) is 0 Å². The molecule has 0 aliphatic rings. The normalized spacial score (nSPS) is 10.1. The van der Waals surface area contributed by atoms with Crippen LogP contribution in [0.25, 0.3) is 0 Å². The summed E-state index contributed by atoms with van der Waals surface area (Å²) < 4.78 is 0. The van der Waals surface area contributed by atoms with Gasteiger partial charge >= 0.3 is 0 Å². The number of hydrogen-bond acceptors (Lipinski definition) is 1. The number of aryl methyl sites for hydroxylation is 1. The van der Waals surface area contributed by atoms with Gasteiger partial charge in [-0.05, 0) is 31.0 Å². The minimum absolute atomic E-state index is 0.401. The summed E-state index contributed by atoms with van der Waals surface area (Å²) in [7, 11) is 0. The SMILES string of the molecule is C=CCc1[nH]c(C)c(C(=O)Cl)c1C. The van der Waals surface area contributed by atoms with E-state index < -0.39 is 5.24 Å². The Bertz CT molecular complexity index is 352. The number of halogens is 1. The number of H-pyrrole nitrogens is 1. The number of nitrogens with one attached hydrogen (secondary N) is 1. The van der Waals surface area contributed by atoms with Crippen LogP contribution in [0.4, 0.5) is 0 Å². The zero-order chi connectivity index (χ0) is 10.0. The lowest BCUT2D eigenvalue weighted by molar-refractivity contribution is 0.108. The minimum atomic E-state index is -0.401. The van der Waals surface area contributed by atoms with E-state index in [1.807, 2.05) is 13.8 Å². The van der Waals surface area contributed by atoms with Gasteiger partial charge in [0.15, 0.2) is 0 Å². The molecule has 0 amide bonds. The Labute approximate surface area is 82.6 Å². The summed E-state index contributed by atoms with van der Waals surface area (Å²) >= 11 is 5.44. The first kappa shape index (κ1) is 10.1. The summed E-state index contributed by atoms with van der Waals surface area (Å²) in [5.41, 5.74) is 3.36. The second-order valence-electron chi connectivity index (χ2n) is 3.00. The predicted octanol–water partition coefficient (Wildman–Crippen LogP) is 2.74. The van der Waals surface area contributed by atoms with Crippen molar-refractivity contribution in [1.29, 1.82) is 0 Å². The molecule has 0 saturated heterocycles. The molecule has 0 aromatic carbocycles. The monoisotopic (exact) mass is 197 g/mol. The molecule has 0 unspecified atom stereocenters. The van der Waals surface area contributed by atoms with Crippen LogP contribution in [0.15, 0.2) is 12.7 Å². The van der Waals surface area contributed by atoms with Gasteiger partial charge in [0.1, 0.15) is 0 Å². The first-order chi connectivity index (χ1) is 6.07. The van der Waals surface area contributed by atoms with Crippen molar-refractivity contribution in [2.45, 2.75) is 20.3 Å². The van der Waals surface area contributed by atoms with E-state index in [2.05, 4.69) is 11.6 Å². The molecule has 0 fully saturated rings. The first-order valence-corrected chi connectivity index (χ1v) is 4.44. The smallest absolute Gasteiger partial charge is 0.254 e. The number of rotatable bonds is 3. The van der Waals surface area contributed by atoms with Crippen molar-refractivity contribution >= 4 is 16.8 Å². The molecule has 0 bridgehead atoms. The van der Waals surface area contributed by atoms with Gasteiger partial charge in [0.05, 0.1) is 5.56 Å². The van der Waals surface area contributed by atoms with Gasteiger partial charge < -0.3 is 4.98 Å². The molecule has 1 heterocycles. The van der Waals surface area contributed by atoms with E-state index in [1.165, 1.54) is 0 Å². The summed E-state index contributed by atoms with van der Waals surface area (Å²) in [6.45, 7) is 7.37. The van der Waals surface area contributed by atoms with Crippen molar-refractivity contribution in [3.05, 3.63) is 35.2 Å². The topological polar surface area (TPSA) is 32.9 Å². The fraction of sp³-hybridized carbons (Fsp3) is 0.300. The summed E-state index contributed by atoms with van der Waals surface area (Å²) in [4.78, 5) is 14.1. The highest BCUT2D eigenvalue weighted by Gasteiger charge is 2.14. The second kappa shape index (κ2) is 3.79. The minimum Gasteiger partial charge on any atom is -0.361 e. The fourth-order valence-electron chi connectivity index (χ4n) is 1.46. The van der Waals surface area contributed by atoms with E-state index in [0.717, 1.165) is 23.4 Å². The molecule has 2 nitrogen and oxygen atoms in total. The van der Waals surface area contributed by atoms with Crippen LogP contribution in [0.2, 0.25) is 0 Å². The summed E-state index contributed by atoms with van der Waals surface area (Å²) in [6.07, 6.45) is 2.53. The summed E-state index contributed by atoms with van der Waals surface area (Å²) in [6, 6.07) is 0. The molecular formula is C10H12ClNO. The largest absolute Gasteiger partial charge is 0.361 e. The zero-order valence-corrected chi connectivity index (χ0v) is 8.53. The van der Waals surface area contributed by atoms with Crippen LogP contribution < -0.4 is 0 Å². The highest BCUT2D eigenvalue weighted by atomic mass is 35.5. The van der Waals surface area contributed by atoms with Gasteiger partial charge in [0, 0.05) is 17.8 Å². The van der Waals surface area contributed by atoms with Crippen molar-refractivity contribution < 1.29 is 4.79 Å². The van der Waals surface area contributed by atoms with E-state index in [9.17, 15) is 4.79 Å². The molecule has 1 aromatic rings. The van der Waals surface area contributed by atoms with Crippen molar-refractivity contribution in [1.82, 2.24) is 4.98 Å². The van der Waals surface area contributed by atoms with Gasteiger partial charge in [-0.15, -0.1) is 6.58 Å². The number of aromatic nitrogens is 1. The van der Waals surface area contributed by atoms with Crippen LogP contribution in [-0.2, 0) is 6.42 Å². The van der Waals surface area contributed by atoms with Crippen molar-refractivity contribution in [2.75, 3.05) is 0 Å². The number of hydrogen-bond donors (Lipinski definition) is 1. The third-order valence-electron chi connectivity index (χ3n) is 2.09. The van der Waals surface area contributed by atoms with Gasteiger partial charge in [0.2, 0.25) is 0 Å². The molecule has 3 heteroatoms. The number of carbonyl (C=O) groups is 1. The quantitative estimate of drug-likeness (QED) is 0.587. The number of carbonyl (C=O) groups excluding carboxylic acids is 1. The van der Waals surface area contributed by atoms with Gasteiger partial charge in [-0.25, -0.2) is 0 Å². The van der Waals surface area contributed by atoms with Crippen LogP contribution in [0.5, 0.6) is 0 Å². The second-order valence-corrected chi connectivity index (χ2v) is 3.34.